The number of nitrogens with zero attached hydrogens (tertiary/aromatic N) is 1. The van der Waals surface area contributed by atoms with Crippen molar-refractivity contribution in [2.45, 2.75) is 19.4 Å². The third-order valence-electron chi connectivity index (χ3n) is 3.68. The van der Waals surface area contributed by atoms with Crippen molar-refractivity contribution in [3.63, 3.8) is 0 Å². The van der Waals surface area contributed by atoms with Gasteiger partial charge in [-0.15, -0.1) is 0 Å². The molecule has 1 aliphatic heterocycles. The zero-order valence-electron chi connectivity index (χ0n) is 11.7. The van der Waals surface area contributed by atoms with Gasteiger partial charge in [0.05, 0.1) is 6.54 Å². The van der Waals surface area contributed by atoms with E-state index in [9.17, 15) is 4.79 Å². The molecule has 2 N–H and O–H groups in total. The van der Waals surface area contributed by atoms with Crippen molar-refractivity contribution in [3.8, 4) is 0 Å². The van der Waals surface area contributed by atoms with Gasteiger partial charge in [0, 0.05) is 18.3 Å². The minimum absolute atomic E-state index is 0.0743. The van der Waals surface area contributed by atoms with E-state index in [1.807, 2.05) is 30.3 Å². The molecule has 4 heteroatoms. The Kier molecular flexibility index (Phi) is 4.80. The summed E-state index contributed by atoms with van der Waals surface area (Å²) in [5.74, 6) is 0.588. The number of rotatable bonds is 4. The van der Waals surface area contributed by atoms with Gasteiger partial charge in [-0.1, -0.05) is 25.1 Å². The molecule has 0 radical (unpaired) electrons. The molecule has 0 saturated carbocycles. The van der Waals surface area contributed by atoms with E-state index >= 15 is 0 Å². The number of carbonyl (C=O) groups is 1. The van der Waals surface area contributed by atoms with Gasteiger partial charge in [0.15, 0.2) is 0 Å². The van der Waals surface area contributed by atoms with Crippen LogP contribution in [0.15, 0.2) is 30.3 Å². The summed E-state index contributed by atoms with van der Waals surface area (Å²) >= 11 is 0. The maximum absolute atomic E-state index is 11.9. The van der Waals surface area contributed by atoms with Crippen LogP contribution in [-0.4, -0.2) is 43.5 Å². The molecule has 1 heterocycles. The second kappa shape index (κ2) is 6.57. The number of anilines is 1. The van der Waals surface area contributed by atoms with Crippen molar-refractivity contribution < 1.29 is 4.79 Å². The molecule has 2 rings (SSSR count). The lowest BCUT2D eigenvalue weighted by molar-refractivity contribution is -0.120. The van der Waals surface area contributed by atoms with Gasteiger partial charge < -0.3 is 15.5 Å². The highest BCUT2D eigenvalue weighted by molar-refractivity contribution is 5.81. The summed E-state index contributed by atoms with van der Waals surface area (Å²) in [4.78, 5) is 14.2. The number of benzene rings is 1. The van der Waals surface area contributed by atoms with E-state index in [2.05, 4.69) is 29.5 Å². The first-order valence-corrected chi connectivity index (χ1v) is 6.92. The van der Waals surface area contributed by atoms with Crippen LogP contribution in [0.1, 0.15) is 13.3 Å². The monoisotopic (exact) mass is 261 g/mol. The van der Waals surface area contributed by atoms with Crippen molar-refractivity contribution in [1.82, 2.24) is 10.2 Å². The number of piperidine rings is 1. The van der Waals surface area contributed by atoms with Crippen molar-refractivity contribution >= 4 is 11.6 Å². The van der Waals surface area contributed by atoms with Crippen LogP contribution in [0.25, 0.3) is 0 Å². The zero-order chi connectivity index (χ0) is 13.7. The molecule has 19 heavy (non-hydrogen) atoms. The van der Waals surface area contributed by atoms with Gasteiger partial charge in [-0.3, -0.25) is 4.79 Å². The van der Waals surface area contributed by atoms with Crippen LogP contribution in [0.5, 0.6) is 0 Å². The van der Waals surface area contributed by atoms with E-state index in [1.165, 1.54) is 0 Å². The molecule has 4 nitrogen and oxygen atoms in total. The smallest absolute Gasteiger partial charge is 0.239 e. The van der Waals surface area contributed by atoms with Crippen LogP contribution in [0, 0.1) is 5.92 Å². The summed E-state index contributed by atoms with van der Waals surface area (Å²) in [6.07, 6.45) is 1.04. The molecular formula is C15H23N3O. The second-order valence-corrected chi connectivity index (χ2v) is 5.42. The number of hydrogen-bond acceptors (Lipinski definition) is 3. The lowest BCUT2D eigenvalue weighted by atomic mass is 9.94. The third kappa shape index (κ3) is 4.24. The van der Waals surface area contributed by atoms with E-state index in [0.717, 1.165) is 25.2 Å². The van der Waals surface area contributed by atoms with Crippen LogP contribution < -0.4 is 10.6 Å². The highest BCUT2D eigenvalue weighted by atomic mass is 16.2. The fourth-order valence-corrected chi connectivity index (χ4v) is 2.56. The Balaban J connectivity index is 1.75. The van der Waals surface area contributed by atoms with Gasteiger partial charge >= 0.3 is 0 Å². The molecule has 0 bridgehead atoms. The van der Waals surface area contributed by atoms with Crippen molar-refractivity contribution in [2.75, 3.05) is 32.0 Å². The van der Waals surface area contributed by atoms with E-state index in [4.69, 9.17) is 0 Å². The second-order valence-electron chi connectivity index (χ2n) is 5.42. The normalized spacial score (nSPS) is 23.9. The summed E-state index contributed by atoms with van der Waals surface area (Å²) in [6.45, 7) is 4.65. The Bertz CT molecular complexity index is 407. The summed E-state index contributed by atoms with van der Waals surface area (Å²) in [6, 6.07) is 10.1. The summed E-state index contributed by atoms with van der Waals surface area (Å²) < 4.78 is 0. The van der Waals surface area contributed by atoms with Crippen LogP contribution in [0.3, 0.4) is 0 Å². The average Bonchev–Trinajstić information content (AvgIpc) is 2.41. The lowest BCUT2D eigenvalue weighted by Gasteiger charge is -2.35. The lowest BCUT2D eigenvalue weighted by Crippen LogP contribution is -2.50. The van der Waals surface area contributed by atoms with Gasteiger partial charge in [-0.25, -0.2) is 0 Å². The highest BCUT2D eigenvalue weighted by Gasteiger charge is 2.25. The van der Waals surface area contributed by atoms with Gasteiger partial charge in [0.25, 0.3) is 0 Å². The fourth-order valence-electron chi connectivity index (χ4n) is 2.56. The maximum Gasteiger partial charge on any atom is 0.239 e. The SMILES string of the molecule is CC1CN(C)CCC1NC(=O)CNc1ccccc1. The predicted octanol–water partition coefficient (Wildman–Crippen LogP) is 1.55. The summed E-state index contributed by atoms with van der Waals surface area (Å²) in [5, 5.41) is 6.27. The first-order valence-electron chi connectivity index (χ1n) is 6.92. The Morgan fingerprint density at radius 3 is 2.79 bits per heavy atom. The third-order valence-corrected chi connectivity index (χ3v) is 3.68. The molecule has 0 aromatic heterocycles. The van der Waals surface area contributed by atoms with Crippen LogP contribution in [0.2, 0.25) is 0 Å². The molecule has 1 amide bonds. The molecule has 1 aliphatic rings. The molecule has 1 aromatic carbocycles. The van der Waals surface area contributed by atoms with Gasteiger partial charge in [-0.05, 0) is 38.1 Å². The minimum Gasteiger partial charge on any atom is -0.376 e. The van der Waals surface area contributed by atoms with Gasteiger partial charge in [0.1, 0.15) is 0 Å². The molecule has 2 atom stereocenters. The Morgan fingerprint density at radius 2 is 2.11 bits per heavy atom. The van der Waals surface area contributed by atoms with E-state index in [0.29, 0.717) is 18.5 Å². The maximum atomic E-state index is 11.9. The van der Waals surface area contributed by atoms with Crippen LogP contribution >= 0.6 is 0 Å². The molecule has 0 spiro atoms. The van der Waals surface area contributed by atoms with Crippen molar-refractivity contribution in [1.29, 1.82) is 0 Å². The molecule has 1 saturated heterocycles. The number of hydrogen-bond donors (Lipinski definition) is 2. The topological polar surface area (TPSA) is 44.4 Å². The number of likely N-dealkylation sites (tertiary alicyclic amines) is 1. The van der Waals surface area contributed by atoms with E-state index in [-0.39, 0.29) is 5.91 Å². The molecular weight excluding hydrogens is 238 g/mol. The fraction of sp³-hybridized carbons (Fsp3) is 0.533. The van der Waals surface area contributed by atoms with E-state index < -0.39 is 0 Å². The van der Waals surface area contributed by atoms with Gasteiger partial charge in [-0.2, -0.15) is 0 Å². The van der Waals surface area contributed by atoms with Gasteiger partial charge in [0.2, 0.25) is 5.91 Å². The number of nitrogens with one attached hydrogen (secondary N) is 2. The van der Waals surface area contributed by atoms with E-state index in [1.54, 1.807) is 0 Å². The summed E-state index contributed by atoms with van der Waals surface area (Å²) in [5.41, 5.74) is 0.981. The number of amides is 1. The molecule has 2 unspecified atom stereocenters. The number of para-hydroxylation sites is 1. The first kappa shape index (κ1) is 13.9. The van der Waals surface area contributed by atoms with Crippen molar-refractivity contribution in [3.05, 3.63) is 30.3 Å². The highest BCUT2D eigenvalue weighted by Crippen LogP contribution is 2.15. The largest absolute Gasteiger partial charge is 0.376 e. The molecule has 1 fully saturated rings. The van der Waals surface area contributed by atoms with Crippen molar-refractivity contribution in [2.24, 2.45) is 5.92 Å². The first-order chi connectivity index (χ1) is 9.15. The Hall–Kier alpha value is -1.55. The molecule has 104 valence electrons. The van der Waals surface area contributed by atoms with Crippen LogP contribution in [0.4, 0.5) is 5.69 Å². The molecule has 1 aromatic rings. The number of carbonyl (C=O) groups excluding carboxylic acids is 1. The standard InChI is InChI=1S/C15H23N3O/c1-12-11-18(2)9-8-14(12)17-15(19)10-16-13-6-4-3-5-7-13/h3-7,12,14,16H,8-11H2,1-2H3,(H,17,19). The quantitative estimate of drug-likeness (QED) is 0.864. The average molecular weight is 261 g/mol. The minimum atomic E-state index is 0.0743. The Labute approximate surface area is 115 Å². The summed E-state index contributed by atoms with van der Waals surface area (Å²) in [7, 11) is 2.13. The molecule has 0 aliphatic carbocycles. The van der Waals surface area contributed by atoms with Crippen LogP contribution in [-0.2, 0) is 4.79 Å². The predicted molar refractivity (Wildman–Crippen MR) is 78.1 cm³/mol. The Morgan fingerprint density at radius 1 is 1.37 bits per heavy atom. The zero-order valence-corrected chi connectivity index (χ0v) is 11.7.